The highest BCUT2D eigenvalue weighted by Gasteiger charge is 2.30. The molecule has 0 bridgehead atoms. The molecule has 6 atom stereocenters. The second-order valence-corrected chi connectivity index (χ2v) is 30.2. The number of aliphatic hydroxyl groups excluding tert-OH is 1. The normalized spacial score (nSPS) is 14.6. The number of ether oxygens (including phenoxy) is 4. The van der Waals surface area contributed by atoms with Crippen molar-refractivity contribution >= 4 is 39.5 Å². The molecule has 0 radical (unpaired) electrons. The van der Waals surface area contributed by atoms with Gasteiger partial charge in [-0.3, -0.25) is 37.3 Å². The fourth-order valence-corrected chi connectivity index (χ4v) is 12.2. The van der Waals surface area contributed by atoms with Crippen LogP contribution in [-0.2, 0) is 65.4 Å². The van der Waals surface area contributed by atoms with Gasteiger partial charge in [-0.1, -0.05) is 299 Å². The van der Waals surface area contributed by atoms with Crippen molar-refractivity contribution in [2.75, 3.05) is 39.6 Å². The summed E-state index contributed by atoms with van der Waals surface area (Å²) in [6, 6.07) is 0. The van der Waals surface area contributed by atoms with E-state index in [1.54, 1.807) is 0 Å². The van der Waals surface area contributed by atoms with Crippen molar-refractivity contribution in [3.8, 4) is 0 Å². The molecular formula is C71H138O17P2. The molecule has 0 aliphatic heterocycles. The van der Waals surface area contributed by atoms with E-state index in [9.17, 15) is 43.2 Å². The number of rotatable bonds is 68. The lowest BCUT2D eigenvalue weighted by molar-refractivity contribution is -0.161. The van der Waals surface area contributed by atoms with Crippen molar-refractivity contribution in [3.05, 3.63) is 0 Å². The maximum atomic E-state index is 13.0. The number of aliphatic hydroxyl groups is 1. The summed E-state index contributed by atoms with van der Waals surface area (Å²) in [5, 5.41) is 10.6. The van der Waals surface area contributed by atoms with Crippen LogP contribution < -0.4 is 0 Å². The van der Waals surface area contributed by atoms with Crippen molar-refractivity contribution in [2.24, 2.45) is 23.7 Å². The largest absolute Gasteiger partial charge is 0.472 e. The zero-order valence-electron chi connectivity index (χ0n) is 58.8. The number of unbranched alkanes of at least 4 members (excludes halogenated alkanes) is 33. The molecule has 0 saturated heterocycles. The number of phosphoric acid groups is 2. The van der Waals surface area contributed by atoms with E-state index in [0.29, 0.717) is 31.6 Å². The summed E-state index contributed by atoms with van der Waals surface area (Å²) in [4.78, 5) is 72.5. The fraction of sp³-hybridized carbons (Fsp3) is 0.944. The van der Waals surface area contributed by atoms with Gasteiger partial charge in [0.15, 0.2) is 12.2 Å². The van der Waals surface area contributed by atoms with Crippen LogP contribution in [0.2, 0.25) is 0 Å². The molecule has 0 saturated carbocycles. The molecule has 0 aromatic heterocycles. The van der Waals surface area contributed by atoms with E-state index in [-0.39, 0.29) is 25.7 Å². The summed E-state index contributed by atoms with van der Waals surface area (Å²) < 4.78 is 68.3. The smallest absolute Gasteiger partial charge is 0.462 e. The molecule has 534 valence electrons. The maximum Gasteiger partial charge on any atom is 0.472 e. The molecule has 19 heteroatoms. The van der Waals surface area contributed by atoms with Crippen molar-refractivity contribution in [1.29, 1.82) is 0 Å². The number of carbonyl (C=O) groups is 4. The van der Waals surface area contributed by atoms with Crippen LogP contribution in [0, 0.1) is 23.7 Å². The van der Waals surface area contributed by atoms with E-state index < -0.39 is 97.5 Å². The number of carbonyl (C=O) groups excluding carboxylic acids is 4. The second-order valence-electron chi connectivity index (χ2n) is 27.3. The first-order chi connectivity index (χ1) is 43.1. The molecule has 0 spiro atoms. The molecule has 3 N–H and O–H groups in total. The van der Waals surface area contributed by atoms with Gasteiger partial charge in [-0.05, 0) is 49.4 Å². The van der Waals surface area contributed by atoms with Crippen LogP contribution in [0.3, 0.4) is 0 Å². The Hall–Kier alpha value is -1.94. The monoisotopic (exact) mass is 1320 g/mol. The molecule has 17 nitrogen and oxygen atoms in total. The van der Waals surface area contributed by atoms with E-state index in [2.05, 4.69) is 55.4 Å². The summed E-state index contributed by atoms with van der Waals surface area (Å²) >= 11 is 0. The predicted octanol–water partition coefficient (Wildman–Crippen LogP) is 20.1. The van der Waals surface area contributed by atoms with E-state index in [4.69, 9.17) is 37.0 Å². The third kappa shape index (κ3) is 63.5. The summed E-state index contributed by atoms with van der Waals surface area (Å²) in [6.07, 6.45) is 43.2. The van der Waals surface area contributed by atoms with Gasteiger partial charge in [0.25, 0.3) is 0 Å². The maximum absolute atomic E-state index is 13.0. The lowest BCUT2D eigenvalue weighted by Gasteiger charge is -2.21. The SMILES string of the molecule is CCC(C)CCCCCCCCC(=O)O[C@H](COC(=O)CCCCCCCCCC(C)C)COP(=O)(O)OCC(O)COP(=O)(O)OC[C@@H](COC(=O)CCCCCCCCCCCC(C)C)OC(=O)CCCCCCCCCCCCCCCCCC(C)C. The number of hydrogen-bond acceptors (Lipinski definition) is 15. The van der Waals surface area contributed by atoms with Crippen LogP contribution in [0.5, 0.6) is 0 Å². The third-order valence-electron chi connectivity index (χ3n) is 16.7. The van der Waals surface area contributed by atoms with Crippen LogP contribution in [0.4, 0.5) is 0 Å². The first kappa shape index (κ1) is 88.1. The standard InChI is InChI=1S/C71H138O17P2/c1-9-64(8)50-42-34-29-30-38-46-54-71(76)88-67(58-82-69(74)52-44-36-28-22-25-33-41-49-63(6)7)60-86-90(79,80)84-56-65(72)55-83-89(77,78)85-59-66(57-81-68(73)51-43-35-26-21-17-19-24-32-40-48-62(4)5)87-70(75)53-45-37-27-20-16-14-12-10-11-13-15-18-23-31-39-47-61(2)3/h61-67,72H,9-60H2,1-8H3,(H,77,78)(H,79,80)/t64?,65?,66-,67-/m1/s1. The Morgan fingerprint density at radius 2 is 0.533 bits per heavy atom. The minimum atomic E-state index is -4.95. The molecule has 0 amide bonds. The zero-order valence-corrected chi connectivity index (χ0v) is 60.6. The Balaban J connectivity index is 5.23. The van der Waals surface area contributed by atoms with Gasteiger partial charge in [-0.25, -0.2) is 9.13 Å². The highest BCUT2D eigenvalue weighted by atomic mass is 31.2. The average Bonchev–Trinajstić information content (AvgIpc) is 3.70. The van der Waals surface area contributed by atoms with E-state index >= 15 is 0 Å². The first-order valence-electron chi connectivity index (χ1n) is 36.7. The highest BCUT2D eigenvalue weighted by Crippen LogP contribution is 2.45. The van der Waals surface area contributed by atoms with Crippen LogP contribution in [-0.4, -0.2) is 96.7 Å². The van der Waals surface area contributed by atoms with Crippen molar-refractivity contribution in [1.82, 2.24) is 0 Å². The molecule has 0 aliphatic carbocycles. The van der Waals surface area contributed by atoms with Crippen LogP contribution >= 0.6 is 15.6 Å². The van der Waals surface area contributed by atoms with Gasteiger partial charge in [-0.2, -0.15) is 0 Å². The van der Waals surface area contributed by atoms with Gasteiger partial charge in [0, 0.05) is 25.7 Å². The number of phosphoric ester groups is 2. The average molecular weight is 1330 g/mol. The topological polar surface area (TPSA) is 237 Å². The first-order valence-corrected chi connectivity index (χ1v) is 39.7. The van der Waals surface area contributed by atoms with E-state index in [1.165, 1.54) is 148 Å². The fourth-order valence-electron chi connectivity index (χ4n) is 10.6. The minimum absolute atomic E-state index is 0.102. The number of esters is 4. The molecule has 0 aliphatic rings. The third-order valence-corrected chi connectivity index (χ3v) is 18.6. The molecule has 0 heterocycles. The van der Waals surface area contributed by atoms with Gasteiger partial charge >= 0.3 is 39.5 Å². The lowest BCUT2D eigenvalue weighted by Crippen LogP contribution is -2.30. The molecule has 0 rings (SSSR count). The van der Waals surface area contributed by atoms with Crippen molar-refractivity contribution < 1.29 is 80.2 Å². The van der Waals surface area contributed by atoms with Crippen LogP contribution in [0.1, 0.15) is 351 Å². The lowest BCUT2D eigenvalue weighted by atomic mass is 10.00. The van der Waals surface area contributed by atoms with Crippen LogP contribution in [0.25, 0.3) is 0 Å². The molecule has 4 unspecified atom stereocenters. The Labute approximate surface area is 549 Å². The van der Waals surface area contributed by atoms with Gasteiger partial charge in [0.2, 0.25) is 0 Å². The predicted molar refractivity (Wildman–Crippen MR) is 363 cm³/mol. The van der Waals surface area contributed by atoms with Gasteiger partial charge in [-0.15, -0.1) is 0 Å². The highest BCUT2D eigenvalue weighted by molar-refractivity contribution is 7.47. The quantitative estimate of drug-likeness (QED) is 0.0222. The Morgan fingerprint density at radius 1 is 0.311 bits per heavy atom. The van der Waals surface area contributed by atoms with Gasteiger partial charge in [0.05, 0.1) is 26.4 Å². The summed E-state index contributed by atoms with van der Waals surface area (Å²) in [5.41, 5.74) is 0. The molecular weight excluding hydrogens is 1190 g/mol. The summed E-state index contributed by atoms with van der Waals surface area (Å²) in [7, 11) is -9.90. The molecule has 0 fully saturated rings. The Morgan fingerprint density at radius 3 is 0.789 bits per heavy atom. The summed E-state index contributed by atoms with van der Waals surface area (Å²) in [5.74, 6) is 0.840. The Kier molecular flexibility index (Phi) is 59.4. The van der Waals surface area contributed by atoms with Gasteiger partial charge < -0.3 is 33.8 Å². The zero-order chi connectivity index (χ0) is 66.8. The van der Waals surface area contributed by atoms with E-state index in [1.807, 2.05) is 0 Å². The molecule has 0 aromatic carbocycles. The van der Waals surface area contributed by atoms with Crippen molar-refractivity contribution in [3.63, 3.8) is 0 Å². The molecule has 90 heavy (non-hydrogen) atoms. The van der Waals surface area contributed by atoms with Crippen molar-refractivity contribution in [2.45, 2.75) is 369 Å². The number of hydrogen-bond donors (Lipinski definition) is 3. The minimum Gasteiger partial charge on any atom is -0.462 e. The Bertz CT molecular complexity index is 1780. The van der Waals surface area contributed by atoms with Gasteiger partial charge in [0.1, 0.15) is 19.3 Å². The van der Waals surface area contributed by atoms with E-state index in [0.717, 1.165) is 114 Å². The molecule has 0 aromatic rings. The summed E-state index contributed by atoms with van der Waals surface area (Å²) in [6.45, 7) is 14.1. The second kappa shape index (κ2) is 60.7. The van der Waals surface area contributed by atoms with Crippen LogP contribution in [0.15, 0.2) is 0 Å².